The van der Waals surface area contributed by atoms with Gasteiger partial charge in [0, 0.05) is 30.1 Å². The Bertz CT molecular complexity index is 907. The van der Waals surface area contributed by atoms with Crippen LogP contribution >= 0.6 is 15.9 Å². The molecule has 0 unspecified atom stereocenters. The van der Waals surface area contributed by atoms with Gasteiger partial charge in [-0.05, 0) is 52.2 Å². The average Bonchev–Trinajstić information content (AvgIpc) is 3.03. The van der Waals surface area contributed by atoms with Crippen molar-refractivity contribution in [2.24, 2.45) is 0 Å². The van der Waals surface area contributed by atoms with E-state index in [4.69, 9.17) is 4.74 Å². The number of H-pyrrole nitrogens is 1. The van der Waals surface area contributed by atoms with Gasteiger partial charge in [-0.2, -0.15) is 0 Å². The number of carboxylic acid groups (broad SMARTS) is 1. The molecule has 1 atom stereocenters. The van der Waals surface area contributed by atoms with Gasteiger partial charge in [0.1, 0.15) is 11.8 Å². The maximum Gasteiger partial charge on any atom is 0.321 e. The summed E-state index contributed by atoms with van der Waals surface area (Å²) in [7, 11) is 0. The van der Waals surface area contributed by atoms with Crippen LogP contribution in [0, 0.1) is 0 Å². The summed E-state index contributed by atoms with van der Waals surface area (Å²) >= 11 is 3.49. The zero-order chi connectivity index (χ0) is 18.5. The predicted molar refractivity (Wildman–Crippen MR) is 106 cm³/mol. The number of carboxylic acids is 1. The fourth-order valence-electron chi connectivity index (χ4n) is 2.94. The Morgan fingerprint density at radius 1 is 1.31 bits per heavy atom. The smallest absolute Gasteiger partial charge is 0.321 e. The summed E-state index contributed by atoms with van der Waals surface area (Å²) in [6, 6.07) is 13.0. The number of ether oxygens (including phenoxy) is 1. The Morgan fingerprint density at radius 2 is 2.12 bits per heavy atom. The van der Waals surface area contributed by atoms with Crippen LogP contribution in [0.25, 0.3) is 10.9 Å². The third-order valence-corrected chi connectivity index (χ3v) is 4.87. The fraction of sp³-hybridized carbons (Fsp3) is 0.250. The number of hydrogen-bond acceptors (Lipinski definition) is 3. The van der Waals surface area contributed by atoms with Crippen molar-refractivity contribution in [1.82, 2.24) is 10.3 Å². The molecule has 0 saturated heterocycles. The molecule has 0 saturated carbocycles. The van der Waals surface area contributed by atoms with Gasteiger partial charge in [0.2, 0.25) is 0 Å². The van der Waals surface area contributed by atoms with Gasteiger partial charge in [0.15, 0.2) is 0 Å². The van der Waals surface area contributed by atoms with Crippen molar-refractivity contribution in [2.45, 2.75) is 25.9 Å². The first-order valence-corrected chi connectivity index (χ1v) is 9.30. The lowest BCUT2D eigenvalue weighted by Gasteiger charge is -2.15. The Kier molecular flexibility index (Phi) is 5.96. The van der Waals surface area contributed by atoms with Crippen molar-refractivity contribution in [3.05, 3.63) is 64.3 Å². The first-order valence-electron chi connectivity index (χ1n) is 8.51. The molecule has 0 aliphatic rings. The molecular weight excluding hydrogens is 396 g/mol. The van der Waals surface area contributed by atoms with Crippen LogP contribution < -0.4 is 10.1 Å². The molecule has 0 amide bonds. The van der Waals surface area contributed by atoms with Crippen molar-refractivity contribution >= 4 is 32.8 Å². The van der Waals surface area contributed by atoms with Crippen LogP contribution in [-0.4, -0.2) is 28.7 Å². The molecule has 5 nitrogen and oxygen atoms in total. The van der Waals surface area contributed by atoms with Gasteiger partial charge in [-0.1, -0.05) is 24.3 Å². The van der Waals surface area contributed by atoms with E-state index < -0.39 is 12.0 Å². The van der Waals surface area contributed by atoms with Gasteiger partial charge in [0.25, 0.3) is 0 Å². The Labute approximate surface area is 160 Å². The number of fused-ring (bicyclic) bond motifs is 1. The van der Waals surface area contributed by atoms with Crippen molar-refractivity contribution in [3.8, 4) is 5.75 Å². The van der Waals surface area contributed by atoms with E-state index in [-0.39, 0.29) is 0 Å². The van der Waals surface area contributed by atoms with Crippen LogP contribution in [0.3, 0.4) is 0 Å². The maximum atomic E-state index is 11.7. The predicted octanol–water partition coefficient (Wildman–Crippen LogP) is 4.11. The maximum absolute atomic E-state index is 11.7. The summed E-state index contributed by atoms with van der Waals surface area (Å²) < 4.78 is 6.36. The molecule has 3 rings (SSSR count). The third-order valence-electron chi connectivity index (χ3n) is 4.25. The largest absolute Gasteiger partial charge is 0.493 e. The summed E-state index contributed by atoms with van der Waals surface area (Å²) in [4.78, 5) is 14.9. The molecule has 136 valence electrons. The first kappa shape index (κ1) is 18.5. The van der Waals surface area contributed by atoms with Gasteiger partial charge >= 0.3 is 5.97 Å². The van der Waals surface area contributed by atoms with E-state index in [1.54, 1.807) is 0 Å². The molecule has 0 aliphatic carbocycles. The van der Waals surface area contributed by atoms with Crippen molar-refractivity contribution in [2.75, 3.05) is 6.61 Å². The van der Waals surface area contributed by atoms with Crippen LogP contribution in [-0.2, 0) is 17.8 Å². The van der Waals surface area contributed by atoms with Crippen LogP contribution in [0.15, 0.2) is 53.1 Å². The number of hydrogen-bond donors (Lipinski definition) is 3. The number of aliphatic carboxylic acids is 1. The molecule has 2 aromatic carbocycles. The number of rotatable bonds is 8. The molecule has 0 spiro atoms. The highest BCUT2D eigenvalue weighted by Crippen LogP contribution is 2.26. The minimum absolute atomic E-state index is 0.414. The summed E-state index contributed by atoms with van der Waals surface area (Å²) in [5.74, 6) is -0.0786. The molecule has 26 heavy (non-hydrogen) atoms. The molecule has 0 aliphatic heterocycles. The third kappa shape index (κ3) is 4.26. The fourth-order valence-corrected chi connectivity index (χ4v) is 3.48. The topological polar surface area (TPSA) is 74.3 Å². The number of aromatic nitrogens is 1. The van der Waals surface area contributed by atoms with Crippen LogP contribution in [0.1, 0.15) is 18.1 Å². The van der Waals surface area contributed by atoms with Crippen LogP contribution in [0.4, 0.5) is 0 Å². The molecule has 0 radical (unpaired) electrons. The summed E-state index contributed by atoms with van der Waals surface area (Å²) in [5, 5.41) is 13.8. The number of carbonyl (C=O) groups is 1. The Hall–Kier alpha value is -2.31. The SMILES string of the molecule is CCOc1ccc(CN[C@H](Cc2c[nH]c3ccccc23)C(=O)O)cc1Br. The van der Waals surface area contributed by atoms with Gasteiger partial charge < -0.3 is 20.1 Å². The number of aromatic amines is 1. The lowest BCUT2D eigenvalue weighted by molar-refractivity contribution is -0.139. The second-order valence-corrected chi connectivity index (χ2v) is 6.89. The molecule has 0 bridgehead atoms. The quantitative estimate of drug-likeness (QED) is 0.516. The lowest BCUT2D eigenvalue weighted by Crippen LogP contribution is -2.38. The summed E-state index contributed by atoms with van der Waals surface area (Å²) in [5.41, 5.74) is 3.00. The highest BCUT2D eigenvalue weighted by molar-refractivity contribution is 9.10. The molecule has 1 aromatic heterocycles. The molecule has 0 fully saturated rings. The molecule has 1 heterocycles. The van der Waals surface area contributed by atoms with Gasteiger partial charge in [0.05, 0.1) is 11.1 Å². The van der Waals surface area contributed by atoms with E-state index >= 15 is 0 Å². The number of para-hydroxylation sites is 1. The van der Waals surface area contributed by atoms with Gasteiger partial charge in [-0.3, -0.25) is 4.79 Å². The number of halogens is 1. The first-order chi connectivity index (χ1) is 12.6. The molecule has 3 aromatic rings. The van der Waals surface area contributed by atoms with Gasteiger partial charge in [-0.15, -0.1) is 0 Å². The van der Waals surface area contributed by atoms with Crippen molar-refractivity contribution < 1.29 is 14.6 Å². The lowest BCUT2D eigenvalue weighted by atomic mass is 10.0. The van der Waals surface area contributed by atoms with E-state index in [0.717, 1.165) is 32.3 Å². The van der Waals surface area contributed by atoms with E-state index in [0.29, 0.717) is 19.6 Å². The molecular formula is C20H21BrN2O3. The zero-order valence-electron chi connectivity index (χ0n) is 14.5. The monoisotopic (exact) mass is 416 g/mol. The van der Waals surface area contributed by atoms with Crippen molar-refractivity contribution in [3.63, 3.8) is 0 Å². The highest BCUT2D eigenvalue weighted by atomic mass is 79.9. The van der Waals surface area contributed by atoms with Crippen LogP contribution in [0.2, 0.25) is 0 Å². The minimum atomic E-state index is -0.861. The normalized spacial score (nSPS) is 12.2. The number of nitrogens with one attached hydrogen (secondary N) is 2. The summed E-state index contributed by atoms with van der Waals surface area (Å²) in [6.45, 7) is 3.00. The van der Waals surface area contributed by atoms with Crippen molar-refractivity contribution in [1.29, 1.82) is 0 Å². The van der Waals surface area contributed by atoms with E-state index in [1.807, 2.05) is 55.6 Å². The van der Waals surface area contributed by atoms with Crippen LogP contribution in [0.5, 0.6) is 5.75 Å². The summed E-state index contributed by atoms with van der Waals surface area (Å²) in [6.07, 6.45) is 2.30. The zero-order valence-corrected chi connectivity index (χ0v) is 16.0. The number of benzene rings is 2. The average molecular weight is 417 g/mol. The Morgan fingerprint density at radius 3 is 2.85 bits per heavy atom. The van der Waals surface area contributed by atoms with E-state index in [9.17, 15) is 9.90 Å². The molecule has 3 N–H and O–H groups in total. The second kappa shape index (κ2) is 8.38. The van der Waals surface area contributed by atoms with Gasteiger partial charge in [-0.25, -0.2) is 0 Å². The van der Waals surface area contributed by atoms with E-state index in [2.05, 4.69) is 26.2 Å². The standard InChI is InChI=1S/C20H21BrN2O3/c1-2-26-19-8-7-13(9-16(19)21)11-22-18(20(24)25)10-14-12-23-17-6-4-3-5-15(14)17/h3-9,12,18,22-23H,2,10-11H2,1H3,(H,24,25)/t18-/m1/s1. The second-order valence-electron chi connectivity index (χ2n) is 6.03. The minimum Gasteiger partial charge on any atom is -0.493 e. The van der Waals surface area contributed by atoms with E-state index in [1.165, 1.54) is 0 Å². The molecule has 6 heteroatoms. The Balaban J connectivity index is 1.69. The highest BCUT2D eigenvalue weighted by Gasteiger charge is 2.19.